The van der Waals surface area contributed by atoms with E-state index in [0.29, 0.717) is 0 Å². The van der Waals surface area contributed by atoms with Crippen molar-refractivity contribution < 1.29 is 9.90 Å². The lowest BCUT2D eigenvalue weighted by molar-refractivity contribution is -0.128. The van der Waals surface area contributed by atoms with E-state index in [9.17, 15) is 4.79 Å². The maximum absolute atomic E-state index is 11.9. The van der Waals surface area contributed by atoms with Crippen molar-refractivity contribution in [3.8, 4) is 0 Å². The predicted molar refractivity (Wildman–Crippen MR) is 59.3 cm³/mol. The second-order valence-corrected chi connectivity index (χ2v) is 4.48. The molecule has 1 fully saturated rings. The summed E-state index contributed by atoms with van der Waals surface area (Å²) in [6.07, 6.45) is 5.49. The summed E-state index contributed by atoms with van der Waals surface area (Å²) in [6.45, 7) is 1.92. The van der Waals surface area contributed by atoms with E-state index in [-0.39, 0.29) is 18.6 Å². The van der Waals surface area contributed by atoms with Crippen LogP contribution in [-0.4, -0.2) is 29.2 Å². The molecule has 0 aromatic carbocycles. The van der Waals surface area contributed by atoms with E-state index in [1.54, 1.807) is 0 Å². The minimum Gasteiger partial charge on any atom is -0.394 e. The van der Waals surface area contributed by atoms with Gasteiger partial charge in [-0.2, -0.15) is 0 Å². The lowest BCUT2D eigenvalue weighted by Gasteiger charge is -2.33. The van der Waals surface area contributed by atoms with E-state index in [1.807, 2.05) is 6.92 Å². The SMILES string of the molecule is CCC(CO)NC(=O)C1(N)CCCCC1. The number of carbonyl (C=O) groups excluding carboxylic acids is 1. The molecule has 0 spiro atoms. The molecular formula is C11H22N2O2. The number of carbonyl (C=O) groups is 1. The van der Waals surface area contributed by atoms with Gasteiger partial charge in [0.15, 0.2) is 0 Å². The zero-order valence-corrected chi connectivity index (χ0v) is 9.46. The minimum absolute atomic E-state index is 0.0156. The van der Waals surface area contributed by atoms with Gasteiger partial charge >= 0.3 is 0 Å². The van der Waals surface area contributed by atoms with Crippen molar-refractivity contribution in [2.24, 2.45) is 5.73 Å². The lowest BCUT2D eigenvalue weighted by Crippen LogP contribution is -2.57. The van der Waals surface area contributed by atoms with Crippen LogP contribution < -0.4 is 11.1 Å². The van der Waals surface area contributed by atoms with Gasteiger partial charge < -0.3 is 16.2 Å². The Balaban J connectivity index is 2.50. The van der Waals surface area contributed by atoms with Crippen molar-refractivity contribution in [3.05, 3.63) is 0 Å². The van der Waals surface area contributed by atoms with E-state index in [1.165, 1.54) is 6.42 Å². The zero-order chi connectivity index (χ0) is 11.3. The van der Waals surface area contributed by atoms with Crippen LogP contribution in [0.3, 0.4) is 0 Å². The van der Waals surface area contributed by atoms with Crippen LogP contribution in [0.25, 0.3) is 0 Å². The van der Waals surface area contributed by atoms with Crippen molar-refractivity contribution in [2.45, 2.75) is 57.0 Å². The molecule has 1 unspecified atom stereocenters. The highest BCUT2D eigenvalue weighted by molar-refractivity contribution is 5.86. The lowest BCUT2D eigenvalue weighted by atomic mass is 9.81. The van der Waals surface area contributed by atoms with Crippen LogP contribution in [0.4, 0.5) is 0 Å². The molecule has 0 aliphatic heterocycles. The first-order chi connectivity index (χ1) is 7.12. The number of amides is 1. The molecule has 1 rings (SSSR count). The van der Waals surface area contributed by atoms with E-state index in [2.05, 4.69) is 5.32 Å². The Labute approximate surface area is 91.2 Å². The quantitative estimate of drug-likeness (QED) is 0.639. The molecule has 0 aromatic rings. The third-order valence-corrected chi connectivity index (χ3v) is 3.25. The summed E-state index contributed by atoms with van der Waals surface area (Å²) in [5, 5.41) is 11.8. The van der Waals surface area contributed by atoms with Gasteiger partial charge in [0.1, 0.15) is 0 Å². The number of nitrogens with two attached hydrogens (primary N) is 1. The average molecular weight is 214 g/mol. The smallest absolute Gasteiger partial charge is 0.240 e. The van der Waals surface area contributed by atoms with E-state index < -0.39 is 5.54 Å². The molecule has 4 N–H and O–H groups in total. The van der Waals surface area contributed by atoms with Crippen LogP contribution in [0.1, 0.15) is 45.4 Å². The largest absolute Gasteiger partial charge is 0.394 e. The first kappa shape index (κ1) is 12.5. The standard InChI is InChI=1S/C11H22N2O2/c1-2-9(8-14)13-10(15)11(12)6-4-3-5-7-11/h9,14H,2-8,12H2,1H3,(H,13,15). The van der Waals surface area contributed by atoms with Gasteiger partial charge in [0.05, 0.1) is 18.2 Å². The molecule has 1 amide bonds. The second-order valence-electron chi connectivity index (χ2n) is 4.48. The molecule has 15 heavy (non-hydrogen) atoms. The van der Waals surface area contributed by atoms with Gasteiger partial charge in [-0.25, -0.2) is 0 Å². The highest BCUT2D eigenvalue weighted by Gasteiger charge is 2.35. The zero-order valence-electron chi connectivity index (χ0n) is 9.46. The van der Waals surface area contributed by atoms with Crippen LogP contribution in [0.2, 0.25) is 0 Å². The monoisotopic (exact) mass is 214 g/mol. The summed E-state index contributed by atoms with van der Waals surface area (Å²) in [7, 11) is 0. The maximum atomic E-state index is 11.9. The highest BCUT2D eigenvalue weighted by atomic mass is 16.3. The first-order valence-electron chi connectivity index (χ1n) is 5.83. The fourth-order valence-corrected chi connectivity index (χ4v) is 2.02. The van der Waals surface area contributed by atoms with E-state index in [4.69, 9.17) is 10.8 Å². The summed E-state index contributed by atoms with van der Waals surface area (Å²) in [6, 6.07) is -0.153. The number of aliphatic hydroxyl groups excluding tert-OH is 1. The molecule has 1 aliphatic rings. The van der Waals surface area contributed by atoms with Crippen LogP contribution in [-0.2, 0) is 4.79 Å². The fourth-order valence-electron chi connectivity index (χ4n) is 2.02. The van der Waals surface area contributed by atoms with Gasteiger partial charge in [-0.05, 0) is 19.3 Å². The number of aliphatic hydroxyl groups is 1. The Kier molecular flexibility index (Phi) is 4.54. The van der Waals surface area contributed by atoms with Crippen molar-refractivity contribution in [1.82, 2.24) is 5.32 Å². The Bertz CT molecular complexity index is 209. The molecule has 88 valence electrons. The number of hydrogen-bond donors (Lipinski definition) is 3. The van der Waals surface area contributed by atoms with Crippen molar-refractivity contribution in [1.29, 1.82) is 0 Å². The summed E-state index contributed by atoms with van der Waals surface area (Å²) in [4.78, 5) is 11.9. The van der Waals surface area contributed by atoms with Gasteiger partial charge in [0.2, 0.25) is 5.91 Å². The third kappa shape index (κ3) is 3.18. The summed E-state index contributed by atoms with van der Waals surface area (Å²) in [5.74, 6) is -0.0944. The number of rotatable bonds is 4. The molecule has 0 aromatic heterocycles. The topological polar surface area (TPSA) is 75.3 Å². The molecule has 1 saturated carbocycles. The molecule has 0 heterocycles. The minimum atomic E-state index is -0.694. The Morgan fingerprint density at radius 2 is 2.07 bits per heavy atom. The van der Waals surface area contributed by atoms with E-state index in [0.717, 1.165) is 32.1 Å². The molecular weight excluding hydrogens is 192 g/mol. The van der Waals surface area contributed by atoms with Crippen molar-refractivity contribution >= 4 is 5.91 Å². The van der Waals surface area contributed by atoms with Gasteiger partial charge in [0, 0.05) is 0 Å². The van der Waals surface area contributed by atoms with Crippen molar-refractivity contribution in [3.63, 3.8) is 0 Å². The maximum Gasteiger partial charge on any atom is 0.240 e. The summed E-state index contributed by atoms with van der Waals surface area (Å²) >= 11 is 0. The summed E-state index contributed by atoms with van der Waals surface area (Å²) < 4.78 is 0. The molecule has 1 aliphatic carbocycles. The van der Waals surface area contributed by atoms with Crippen LogP contribution in [0, 0.1) is 0 Å². The molecule has 0 bridgehead atoms. The summed E-state index contributed by atoms with van der Waals surface area (Å²) in [5.41, 5.74) is 5.37. The Hall–Kier alpha value is -0.610. The Morgan fingerprint density at radius 3 is 2.53 bits per heavy atom. The number of nitrogens with one attached hydrogen (secondary N) is 1. The molecule has 0 saturated heterocycles. The Morgan fingerprint density at radius 1 is 1.47 bits per heavy atom. The van der Waals surface area contributed by atoms with Crippen LogP contribution >= 0.6 is 0 Å². The van der Waals surface area contributed by atoms with Crippen LogP contribution in [0.15, 0.2) is 0 Å². The van der Waals surface area contributed by atoms with E-state index >= 15 is 0 Å². The molecule has 0 radical (unpaired) electrons. The van der Waals surface area contributed by atoms with Gasteiger partial charge in [-0.3, -0.25) is 4.79 Å². The van der Waals surface area contributed by atoms with Gasteiger partial charge in [0.25, 0.3) is 0 Å². The first-order valence-corrected chi connectivity index (χ1v) is 5.83. The normalized spacial score (nSPS) is 22.1. The number of hydrogen-bond acceptors (Lipinski definition) is 3. The molecule has 4 heteroatoms. The molecule has 4 nitrogen and oxygen atoms in total. The van der Waals surface area contributed by atoms with Gasteiger partial charge in [-0.15, -0.1) is 0 Å². The average Bonchev–Trinajstić information content (AvgIpc) is 2.26. The highest BCUT2D eigenvalue weighted by Crippen LogP contribution is 2.26. The van der Waals surface area contributed by atoms with Crippen molar-refractivity contribution in [2.75, 3.05) is 6.61 Å². The second kappa shape index (κ2) is 5.47. The van der Waals surface area contributed by atoms with Crippen LogP contribution in [0.5, 0.6) is 0 Å². The third-order valence-electron chi connectivity index (χ3n) is 3.25. The van der Waals surface area contributed by atoms with Gasteiger partial charge in [-0.1, -0.05) is 26.2 Å². The molecule has 1 atom stereocenters. The predicted octanol–water partition coefficient (Wildman–Crippen LogP) is 0.535. The fraction of sp³-hybridized carbons (Fsp3) is 0.909.